The predicted molar refractivity (Wildman–Crippen MR) is 98.5 cm³/mol. The maximum Gasteiger partial charge on any atom is 0.251 e. The maximum absolute atomic E-state index is 13.5. The summed E-state index contributed by atoms with van der Waals surface area (Å²) in [5.41, 5.74) is 0.827. The van der Waals surface area contributed by atoms with Gasteiger partial charge in [-0.05, 0) is 31.5 Å². The minimum Gasteiger partial charge on any atom is -0.355 e. The number of aryl methyl sites for hydroxylation is 2. The summed E-state index contributed by atoms with van der Waals surface area (Å²) < 4.78 is 13.5. The highest BCUT2D eigenvalue weighted by molar-refractivity contribution is 7.11. The van der Waals surface area contributed by atoms with Gasteiger partial charge in [-0.2, -0.15) is 0 Å². The molecule has 25 heavy (non-hydrogen) atoms. The molecule has 1 aromatic carbocycles. The smallest absolute Gasteiger partial charge is 0.251 e. The van der Waals surface area contributed by atoms with Crippen LogP contribution in [0.3, 0.4) is 0 Å². The van der Waals surface area contributed by atoms with Crippen molar-refractivity contribution in [3.63, 3.8) is 0 Å². The van der Waals surface area contributed by atoms with Gasteiger partial charge < -0.3 is 16.0 Å². The lowest BCUT2D eigenvalue weighted by Crippen LogP contribution is -2.41. The number of rotatable bonds is 6. The van der Waals surface area contributed by atoms with E-state index in [2.05, 4.69) is 25.9 Å². The molecule has 2 rings (SSSR count). The molecule has 0 unspecified atom stereocenters. The number of hydrogen-bond donors (Lipinski definition) is 3. The number of aromatic nitrogens is 1. The number of amides is 1. The van der Waals surface area contributed by atoms with Gasteiger partial charge in [0, 0.05) is 36.8 Å². The molecule has 0 bridgehead atoms. The highest BCUT2D eigenvalue weighted by atomic mass is 32.1. The quantitative estimate of drug-likeness (QED) is 0.417. The van der Waals surface area contributed by atoms with Crippen LogP contribution >= 0.6 is 11.3 Å². The molecular formula is C17H22FN5OS. The molecular weight excluding hydrogens is 341 g/mol. The summed E-state index contributed by atoms with van der Waals surface area (Å²) in [5, 5.41) is 9.98. The van der Waals surface area contributed by atoms with Crippen molar-refractivity contribution in [3.05, 3.63) is 51.2 Å². The van der Waals surface area contributed by atoms with Gasteiger partial charge in [-0.3, -0.25) is 9.79 Å². The molecule has 2 aromatic rings. The van der Waals surface area contributed by atoms with Crippen LogP contribution in [0.2, 0.25) is 0 Å². The second-order valence-corrected chi connectivity index (χ2v) is 6.76. The number of aliphatic imine (C=N–C) groups is 1. The van der Waals surface area contributed by atoms with E-state index in [0.29, 0.717) is 36.7 Å². The van der Waals surface area contributed by atoms with Crippen LogP contribution in [0, 0.1) is 19.7 Å². The standard InChI is InChI=1S/C17H22FN5OS/c1-11-4-5-13(8-14(11)18)16(24)20-6-7-21-17(19-3)23-10-15-22-9-12(2)25-15/h4-5,8-9H,6-7,10H2,1-3H3,(H,20,24)(H2,19,21,23). The summed E-state index contributed by atoms with van der Waals surface area (Å²) in [6, 6.07) is 4.45. The number of carbonyl (C=O) groups excluding carboxylic acids is 1. The molecule has 0 atom stereocenters. The van der Waals surface area contributed by atoms with E-state index in [1.807, 2.05) is 13.1 Å². The average Bonchev–Trinajstić information content (AvgIpc) is 3.01. The number of carbonyl (C=O) groups is 1. The van der Waals surface area contributed by atoms with Crippen molar-refractivity contribution in [1.29, 1.82) is 0 Å². The summed E-state index contributed by atoms with van der Waals surface area (Å²) in [6.45, 7) is 5.15. The van der Waals surface area contributed by atoms with Gasteiger partial charge in [0.25, 0.3) is 5.91 Å². The first-order chi connectivity index (χ1) is 12.0. The lowest BCUT2D eigenvalue weighted by Gasteiger charge is -2.11. The molecule has 0 saturated heterocycles. The van der Waals surface area contributed by atoms with Gasteiger partial charge in [0.2, 0.25) is 0 Å². The molecule has 0 fully saturated rings. The number of thiazole rings is 1. The molecule has 1 aromatic heterocycles. The van der Waals surface area contributed by atoms with Crippen LogP contribution in [0.5, 0.6) is 0 Å². The van der Waals surface area contributed by atoms with Crippen molar-refractivity contribution in [2.75, 3.05) is 20.1 Å². The van der Waals surface area contributed by atoms with Gasteiger partial charge in [0.1, 0.15) is 10.8 Å². The Hall–Kier alpha value is -2.48. The molecule has 0 saturated carbocycles. The molecule has 3 N–H and O–H groups in total. The Balaban J connectivity index is 1.71. The third kappa shape index (κ3) is 5.82. The van der Waals surface area contributed by atoms with Crippen LogP contribution in [-0.4, -0.2) is 37.0 Å². The van der Waals surface area contributed by atoms with Gasteiger partial charge >= 0.3 is 0 Å². The minimum atomic E-state index is -0.382. The zero-order valence-corrected chi connectivity index (χ0v) is 15.3. The lowest BCUT2D eigenvalue weighted by atomic mass is 10.1. The van der Waals surface area contributed by atoms with E-state index >= 15 is 0 Å². The lowest BCUT2D eigenvalue weighted by molar-refractivity contribution is 0.0954. The van der Waals surface area contributed by atoms with E-state index < -0.39 is 0 Å². The normalized spacial score (nSPS) is 11.3. The van der Waals surface area contributed by atoms with Crippen molar-refractivity contribution in [1.82, 2.24) is 20.9 Å². The minimum absolute atomic E-state index is 0.304. The highest BCUT2D eigenvalue weighted by Crippen LogP contribution is 2.10. The van der Waals surface area contributed by atoms with Gasteiger partial charge in [-0.15, -0.1) is 11.3 Å². The van der Waals surface area contributed by atoms with E-state index in [1.54, 1.807) is 37.4 Å². The number of nitrogens with zero attached hydrogens (tertiary/aromatic N) is 2. The third-order valence-electron chi connectivity index (χ3n) is 3.44. The van der Waals surface area contributed by atoms with Gasteiger partial charge in [0.05, 0.1) is 6.54 Å². The molecule has 134 valence electrons. The highest BCUT2D eigenvalue weighted by Gasteiger charge is 2.07. The Kier molecular flexibility index (Phi) is 6.88. The topological polar surface area (TPSA) is 78.4 Å². The van der Waals surface area contributed by atoms with E-state index in [9.17, 15) is 9.18 Å². The van der Waals surface area contributed by atoms with Crippen molar-refractivity contribution < 1.29 is 9.18 Å². The summed E-state index contributed by atoms with van der Waals surface area (Å²) in [6.07, 6.45) is 1.83. The predicted octanol–water partition coefficient (Wildman–Crippen LogP) is 1.99. The maximum atomic E-state index is 13.5. The SMILES string of the molecule is CN=C(NCCNC(=O)c1ccc(C)c(F)c1)NCc1ncc(C)s1. The Morgan fingerprint density at radius 3 is 2.64 bits per heavy atom. The van der Waals surface area contributed by atoms with Crippen LogP contribution in [-0.2, 0) is 6.54 Å². The largest absolute Gasteiger partial charge is 0.355 e. The first kappa shape index (κ1) is 18.9. The monoisotopic (exact) mass is 363 g/mol. The molecule has 0 radical (unpaired) electrons. The molecule has 6 nitrogen and oxygen atoms in total. The van der Waals surface area contributed by atoms with Crippen LogP contribution in [0.15, 0.2) is 29.4 Å². The van der Waals surface area contributed by atoms with E-state index in [-0.39, 0.29) is 11.7 Å². The molecule has 1 heterocycles. The summed E-state index contributed by atoms with van der Waals surface area (Å²) in [7, 11) is 1.68. The average molecular weight is 363 g/mol. The van der Waals surface area contributed by atoms with Crippen molar-refractivity contribution in [2.45, 2.75) is 20.4 Å². The van der Waals surface area contributed by atoms with Gasteiger partial charge in [0.15, 0.2) is 5.96 Å². The Morgan fingerprint density at radius 1 is 1.24 bits per heavy atom. The molecule has 1 amide bonds. The molecule has 0 spiro atoms. The van der Waals surface area contributed by atoms with Crippen molar-refractivity contribution in [3.8, 4) is 0 Å². The number of halogens is 1. The number of benzene rings is 1. The fourth-order valence-corrected chi connectivity index (χ4v) is 2.78. The molecule has 8 heteroatoms. The molecule has 0 aliphatic carbocycles. The van der Waals surface area contributed by atoms with E-state index in [1.165, 1.54) is 6.07 Å². The Labute approximate surface area is 150 Å². The zero-order chi connectivity index (χ0) is 18.2. The zero-order valence-electron chi connectivity index (χ0n) is 14.5. The fraction of sp³-hybridized carbons (Fsp3) is 0.353. The number of guanidine groups is 1. The van der Waals surface area contributed by atoms with Crippen LogP contribution in [0.1, 0.15) is 25.8 Å². The second-order valence-electron chi connectivity index (χ2n) is 5.44. The van der Waals surface area contributed by atoms with Crippen LogP contribution in [0.25, 0.3) is 0 Å². The van der Waals surface area contributed by atoms with Gasteiger partial charge in [-0.25, -0.2) is 9.37 Å². The number of nitrogens with one attached hydrogen (secondary N) is 3. The summed E-state index contributed by atoms with van der Waals surface area (Å²) in [4.78, 5) is 21.5. The number of hydrogen-bond acceptors (Lipinski definition) is 4. The van der Waals surface area contributed by atoms with E-state index in [4.69, 9.17) is 0 Å². The van der Waals surface area contributed by atoms with E-state index in [0.717, 1.165) is 9.88 Å². The van der Waals surface area contributed by atoms with Crippen molar-refractivity contribution >= 4 is 23.2 Å². The Morgan fingerprint density at radius 2 is 2.00 bits per heavy atom. The first-order valence-electron chi connectivity index (χ1n) is 7.89. The Bertz CT molecular complexity index is 759. The summed E-state index contributed by atoms with van der Waals surface area (Å²) >= 11 is 1.63. The third-order valence-corrected chi connectivity index (χ3v) is 4.35. The van der Waals surface area contributed by atoms with Crippen LogP contribution in [0.4, 0.5) is 4.39 Å². The fourth-order valence-electron chi connectivity index (χ4n) is 2.06. The van der Waals surface area contributed by atoms with Crippen LogP contribution < -0.4 is 16.0 Å². The second kappa shape index (κ2) is 9.12. The van der Waals surface area contributed by atoms with Crippen molar-refractivity contribution in [2.24, 2.45) is 4.99 Å². The first-order valence-corrected chi connectivity index (χ1v) is 8.71. The molecule has 0 aliphatic heterocycles. The molecule has 0 aliphatic rings. The summed E-state index contributed by atoms with van der Waals surface area (Å²) in [5.74, 6) is -0.0572. The van der Waals surface area contributed by atoms with Gasteiger partial charge in [-0.1, -0.05) is 6.07 Å².